The number of hydrogen-bond donors (Lipinski definition) is 1. The quantitative estimate of drug-likeness (QED) is 0.830. The molecule has 0 saturated carbocycles. The number of likely N-dealkylation sites (N-methyl/N-ethyl adjacent to an activating group) is 1. The lowest BCUT2D eigenvalue weighted by Gasteiger charge is -2.20. The van der Waals surface area contributed by atoms with E-state index in [1.807, 2.05) is 50.2 Å². The second-order valence-electron chi connectivity index (χ2n) is 4.79. The van der Waals surface area contributed by atoms with Crippen LogP contribution in [-0.2, 0) is 9.59 Å². The van der Waals surface area contributed by atoms with Crippen molar-refractivity contribution in [1.82, 2.24) is 4.90 Å². The Morgan fingerprint density at radius 2 is 2.00 bits per heavy atom. The standard InChI is InChI=1S/C14H19N3O2/c1-4-17-13(18)9-11(14(17)19)15-10-7-5-6-8-12(10)16(2)3/h5-8,11,15H,4,9H2,1-3H3. The minimum Gasteiger partial charge on any atom is -0.376 e. The Hall–Kier alpha value is -2.04. The van der Waals surface area contributed by atoms with Crippen LogP contribution in [-0.4, -0.2) is 43.4 Å². The van der Waals surface area contributed by atoms with Crippen LogP contribution in [0.5, 0.6) is 0 Å². The summed E-state index contributed by atoms with van der Waals surface area (Å²) in [5, 5.41) is 3.18. The summed E-state index contributed by atoms with van der Waals surface area (Å²) in [7, 11) is 3.89. The van der Waals surface area contributed by atoms with E-state index in [4.69, 9.17) is 0 Å². The molecule has 1 heterocycles. The first-order chi connectivity index (χ1) is 9.04. The van der Waals surface area contributed by atoms with Gasteiger partial charge in [-0.2, -0.15) is 0 Å². The molecule has 102 valence electrons. The minimum atomic E-state index is -0.450. The van der Waals surface area contributed by atoms with Gasteiger partial charge in [0.2, 0.25) is 5.91 Å². The highest BCUT2D eigenvalue weighted by Crippen LogP contribution is 2.26. The van der Waals surface area contributed by atoms with E-state index >= 15 is 0 Å². The zero-order valence-corrected chi connectivity index (χ0v) is 11.5. The molecule has 0 bridgehead atoms. The van der Waals surface area contributed by atoms with Crippen molar-refractivity contribution in [2.24, 2.45) is 0 Å². The Kier molecular flexibility index (Phi) is 3.74. The second-order valence-corrected chi connectivity index (χ2v) is 4.79. The summed E-state index contributed by atoms with van der Waals surface area (Å²) >= 11 is 0. The molecule has 5 nitrogen and oxygen atoms in total. The molecule has 1 saturated heterocycles. The van der Waals surface area contributed by atoms with Crippen LogP contribution in [0.1, 0.15) is 13.3 Å². The van der Waals surface area contributed by atoms with E-state index in [2.05, 4.69) is 5.32 Å². The molecule has 0 radical (unpaired) electrons. The fourth-order valence-electron chi connectivity index (χ4n) is 2.30. The van der Waals surface area contributed by atoms with Gasteiger partial charge >= 0.3 is 0 Å². The van der Waals surface area contributed by atoms with Gasteiger partial charge in [0.15, 0.2) is 0 Å². The topological polar surface area (TPSA) is 52.7 Å². The van der Waals surface area contributed by atoms with Crippen molar-refractivity contribution in [2.45, 2.75) is 19.4 Å². The maximum atomic E-state index is 12.1. The van der Waals surface area contributed by atoms with Gasteiger partial charge in [-0.25, -0.2) is 0 Å². The Morgan fingerprint density at radius 3 is 2.58 bits per heavy atom. The lowest BCUT2D eigenvalue weighted by Crippen LogP contribution is -2.34. The predicted octanol–water partition coefficient (Wildman–Crippen LogP) is 1.31. The van der Waals surface area contributed by atoms with E-state index in [0.29, 0.717) is 6.54 Å². The van der Waals surface area contributed by atoms with Gasteiger partial charge in [-0.3, -0.25) is 14.5 Å². The van der Waals surface area contributed by atoms with Crippen molar-refractivity contribution in [3.63, 3.8) is 0 Å². The first-order valence-corrected chi connectivity index (χ1v) is 6.41. The predicted molar refractivity (Wildman–Crippen MR) is 75.2 cm³/mol. The van der Waals surface area contributed by atoms with Crippen LogP contribution in [0.3, 0.4) is 0 Å². The van der Waals surface area contributed by atoms with Crippen molar-refractivity contribution in [3.05, 3.63) is 24.3 Å². The third-order valence-electron chi connectivity index (χ3n) is 3.28. The number of rotatable bonds is 4. The summed E-state index contributed by atoms with van der Waals surface area (Å²) in [6, 6.07) is 7.30. The first-order valence-electron chi connectivity index (χ1n) is 6.41. The molecule has 1 atom stereocenters. The van der Waals surface area contributed by atoms with Crippen molar-refractivity contribution >= 4 is 23.2 Å². The van der Waals surface area contributed by atoms with Gasteiger partial charge < -0.3 is 10.2 Å². The first kappa shape index (κ1) is 13.4. The van der Waals surface area contributed by atoms with E-state index in [9.17, 15) is 9.59 Å². The van der Waals surface area contributed by atoms with Crippen LogP contribution < -0.4 is 10.2 Å². The van der Waals surface area contributed by atoms with Crippen LogP contribution >= 0.6 is 0 Å². The van der Waals surface area contributed by atoms with Gasteiger partial charge in [0.05, 0.1) is 17.8 Å². The van der Waals surface area contributed by atoms with Crippen LogP contribution in [0.4, 0.5) is 11.4 Å². The van der Waals surface area contributed by atoms with Gasteiger partial charge in [0.25, 0.3) is 5.91 Å². The van der Waals surface area contributed by atoms with E-state index in [1.165, 1.54) is 4.90 Å². The van der Waals surface area contributed by atoms with Gasteiger partial charge in [0.1, 0.15) is 6.04 Å². The Bertz CT molecular complexity index is 499. The molecule has 1 aromatic carbocycles. The fraction of sp³-hybridized carbons (Fsp3) is 0.429. The Balaban J connectivity index is 2.19. The van der Waals surface area contributed by atoms with Gasteiger partial charge in [-0.05, 0) is 19.1 Å². The molecule has 1 fully saturated rings. The van der Waals surface area contributed by atoms with Crippen molar-refractivity contribution in [2.75, 3.05) is 30.9 Å². The summed E-state index contributed by atoms with van der Waals surface area (Å²) in [5.41, 5.74) is 1.87. The summed E-state index contributed by atoms with van der Waals surface area (Å²) in [4.78, 5) is 27.0. The molecule has 5 heteroatoms. The van der Waals surface area contributed by atoms with Crippen molar-refractivity contribution in [3.8, 4) is 0 Å². The minimum absolute atomic E-state index is 0.104. The number of anilines is 2. The largest absolute Gasteiger partial charge is 0.376 e. The number of likely N-dealkylation sites (tertiary alicyclic amines) is 1. The highest BCUT2D eigenvalue weighted by molar-refractivity contribution is 6.07. The summed E-state index contributed by atoms with van der Waals surface area (Å²) < 4.78 is 0. The highest BCUT2D eigenvalue weighted by Gasteiger charge is 2.37. The SMILES string of the molecule is CCN1C(=O)CC(Nc2ccccc2N(C)C)C1=O. The normalized spacial score (nSPS) is 18.9. The number of benzene rings is 1. The lowest BCUT2D eigenvalue weighted by atomic mass is 10.2. The number of para-hydroxylation sites is 2. The van der Waals surface area contributed by atoms with Crippen LogP contribution in [0.2, 0.25) is 0 Å². The van der Waals surface area contributed by atoms with Gasteiger partial charge in [-0.15, -0.1) is 0 Å². The molecule has 1 N–H and O–H groups in total. The molecule has 1 unspecified atom stereocenters. The number of carbonyl (C=O) groups is 2. The lowest BCUT2D eigenvalue weighted by molar-refractivity contribution is -0.138. The second kappa shape index (κ2) is 5.30. The van der Waals surface area contributed by atoms with E-state index < -0.39 is 6.04 Å². The van der Waals surface area contributed by atoms with Crippen LogP contribution in [0, 0.1) is 0 Å². The molecule has 2 amide bonds. The maximum absolute atomic E-state index is 12.1. The number of carbonyl (C=O) groups excluding carboxylic acids is 2. The van der Waals surface area contributed by atoms with E-state index in [-0.39, 0.29) is 18.2 Å². The molecule has 0 aliphatic carbocycles. The number of hydrogen-bond acceptors (Lipinski definition) is 4. The van der Waals surface area contributed by atoms with Crippen molar-refractivity contribution in [1.29, 1.82) is 0 Å². The zero-order chi connectivity index (χ0) is 14.0. The molecule has 2 rings (SSSR count). The maximum Gasteiger partial charge on any atom is 0.252 e. The van der Waals surface area contributed by atoms with Crippen LogP contribution in [0.25, 0.3) is 0 Å². The molecule has 1 aliphatic rings. The number of nitrogens with zero attached hydrogens (tertiary/aromatic N) is 2. The van der Waals surface area contributed by atoms with Crippen LogP contribution in [0.15, 0.2) is 24.3 Å². The Labute approximate surface area is 113 Å². The van der Waals surface area contributed by atoms with Crippen molar-refractivity contribution < 1.29 is 9.59 Å². The average molecular weight is 261 g/mol. The summed E-state index contributed by atoms with van der Waals surface area (Å²) in [6.07, 6.45) is 0.231. The zero-order valence-electron chi connectivity index (χ0n) is 11.5. The smallest absolute Gasteiger partial charge is 0.252 e. The Morgan fingerprint density at radius 1 is 1.32 bits per heavy atom. The molecular weight excluding hydrogens is 242 g/mol. The van der Waals surface area contributed by atoms with E-state index in [0.717, 1.165) is 11.4 Å². The fourth-order valence-corrected chi connectivity index (χ4v) is 2.30. The van der Waals surface area contributed by atoms with Gasteiger partial charge in [0, 0.05) is 20.6 Å². The molecule has 1 aromatic rings. The number of imide groups is 1. The molecule has 19 heavy (non-hydrogen) atoms. The summed E-state index contributed by atoms with van der Waals surface area (Å²) in [5.74, 6) is -0.242. The number of nitrogens with one attached hydrogen (secondary N) is 1. The third kappa shape index (κ3) is 2.54. The van der Waals surface area contributed by atoms with E-state index in [1.54, 1.807) is 0 Å². The molecule has 1 aliphatic heterocycles. The molecule has 0 spiro atoms. The summed E-state index contributed by atoms with van der Waals surface area (Å²) in [6.45, 7) is 2.25. The molecular formula is C14H19N3O2. The highest BCUT2D eigenvalue weighted by atomic mass is 16.2. The number of amides is 2. The average Bonchev–Trinajstić information content (AvgIpc) is 2.64. The van der Waals surface area contributed by atoms with Gasteiger partial charge in [-0.1, -0.05) is 12.1 Å². The molecule has 0 aromatic heterocycles. The third-order valence-corrected chi connectivity index (χ3v) is 3.28. The monoisotopic (exact) mass is 261 g/mol.